The topological polar surface area (TPSA) is 147 Å². The Labute approximate surface area is 169 Å². The molecule has 12 nitrogen and oxygen atoms in total. The van der Waals surface area contributed by atoms with Gasteiger partial charge in [0.05, 0.1) is 25.7 Å². The van der Waals surface area contributed by atoms with Crippen LogP contribution in [0.5, 0.6) is 23.0 Å². The molecule has 2 aliphatic rings. The molecule has 0 radical (unpaired) electrons. The van der Waals surface area contributed by atoms with E-state index >= 15 is 0 Å². The third-order valence-corrected chi connectivity index (χ3v) is 5.19. The van der Waals surface area contributed by atoms with Crippen molar-refractivity contribution < 1.29 is 28.7 Å². The smallest absolute Gasteiger partial charge is 0.301 e. The van der Waals surface area contributed by atoms with Crippen molar-refractivity contribution in [2.24, 2.45) is 0 Å². The van der Waals surface area contributed by atoms with E-state index in [-0.39, 0.29) is 52.8 Å². The number of hydrogen-bond acceptors (Lipinski definition) is 8. The number of ether oxygens (including phenoxy) is 4. The first-order chi connectivity index (χ1) is 14.3. The molecule has 30 heavy (non-hydrogen) atoms. The molecule has 2 unspecified atom stereocenters. The SMILES string of the molecule is COc1c(C2c3c(n(C(C)C)[nH]c3=O)NC(=O)C2[N+](=O)[O-])cc2c(c1OC)OCO2. The van der Waals surface area contributed by atoms with E-state index in [4.69, 9.17) is 18.9 Å². The number of nitrogens with one attached hydrogen (secondary N) is 2. The van der Waals surface area contributed by atoms with Crippen LogP contribution in [0.3, 0.4) is 0 Å². The first kappa shape index (κ1) is 19.6. The molecule has 2 aromatic rings. The van der Waals surface area contributed by atoms with Crippen LogP contribution in [-0.4, -0.2) is 47.7 Å². The Morgan fingerprint density at radius 2 is 1.93 bits per heavy atom. The average molecular weight is 420 g/mol. The molecule has 2 N–H and O–H groups in total. The summed E-state index contributed by atoms with van der Waals surface area (Å²) in [5, 5.41) is 17.0. The molecule has 0 saturated carbocycles. The van der Waals surface area contributed by atoms with Gasteiger partial charge >= 0.3 is 11.9 Å². The number of nitrogens with zero attached hydrogens (tertiary/aromatic N) is 2. The summed E-state index contributed by atoms with van der Waals surface area (Å²) in [6.07, 6.45) is 0. The molecule has 1 aromatic carbocycles. The fraction of sp³-hybridized carbons (Fsp3) is 0.444. The lowest BCUT2D eigenvalue weighted by Crippen LogP contribution is -2.45. The van der Waals surface area contributed by atoms with E-state index < -0.39 is 28.3 Å². The number of carbonyl (C=O) groups is 1. The van der Waals surface area contributed by atoms with Crippen LogP contribution in [0.4, 0.5) is 5.82 Å². The van der Waals surface area contributed by atoms with Crippen molar-refractivity contribution in [1.29, 1.82) is 0 Å². The Morgan fingerprint density at radius 1 is 1.23 bits per heavy atom. The van der Waals surface area contributed by atoms with Crippen LogP contribution in [0.2, 0.25) is 0 Å². The van der Waals surface area contributed by atoms with Gasteiger partial charge in [0.2, 0.25) is 18.3 Å². The maximum Gasteiger partial charge on any atom is 0.301 e. The second-order valence-electron chi connectivity index (χ2n) is 7.13. The second kappa shape index (κ2) is 6.97. The number of aromatic amines is 1. The number of fused-ring (bicyclic) bond motifs is 2. The Balaban J connectivity index is 2.05. The number of carbonyl (C=O) groups excluding carboxylic acids is 1. The van der Waals surface area contributed by atoms with Gasteiger partial charge in [-0.25, -0.2) is 0 Å². The van der Waals surface area contributed by atoms with Gasteiger partial charge in [0, 0.05) is 16.5 Å². The second-order valence-corrected chi connectivity index (χ2v) is 7.13. The Morgan fingerprint density at radius 3 is 2.53 bits per heavy atom. The highest BCUT2D eigenvalue weighted by Gasteiger charge is 2.50. The number of rotatable bonds is 5. The van der Waals surface area contributed by atoms with Crippen molar-refractivity contribution in [3.05, 3.63) is 37.7 Å². The monoisotopic (exact) mass is 420 g/mol. The van der Waals surface area contributed by atoms with E-state index in [1.807, 2.05) is 0 Å². The standard InChI is InChI=1S/C18H20N4O8/c1-7(2)21-16-11(17(23)20-21)10(12(22(25)26)18(24)19-16)8-5-9-14(30-6-29-9)15(28-4)13(8)27-3/h5,7,10,12H,6H2,1-4H3,(H,19,24)(H,20,23). The molecule has 3 heterocycles. The largest absolute Gasteiger partial charge is 0.492 e. The molecule has 0 spiro atoms. The molecule has 2 atom stereocenters. The summed E-state index contributed by atoms with van der Waals surface area (Å²) in [6.45, 7) is 3.54. The summed E-state index contributed by atoms with van der Waals surface area (Å²) in [5.41, 5.74) is -0.276. The minimum Gasteiger partial charge on any atom is -0.492 e. The van der Waals surface area contributed by atoms with E-state index in [0.717, 1.165) is 0 Å². The van der Waals surface area contributed by atoms with E-state index in [0.29, 0.717) is 0 Å². The number of methoxy groups -OCH3 is 2. The van der Waals surface area contributed by atoms with Gasteiger partial charge < -0.3 is 24.3 Å². The molecule has 1 amide bonds. The zero-order valence-electron chi connectivity index (χ0n) is 16.7. The predicted octanol–water partition coefficient (Wildman–Crippen LogP) is 1.23. The highest BCUT2D eigenvalue weighted by Crippen LogP contribution is 2.53. The van der Waals surface area contributed by atoms with Crippen molar-refractivity contribution in [3.63, 3.8) is 0 Å². The highest BCUT2D eigenvalue weighted by molar-refractivity contribution is 5.98. The number of benzene rings is 1. The first-order valence-electron chi connectivity index (χ1n) is 9.13. The molecular formula is C18H20N4O8. The Hall–Kier alpha value is -3.70. The predicted molar refractivity (Wildman–Crippen MR) is 102 cm³/mol. The maximum absolute atomic E-state index is 12.9. The molecule has 160 valence electrons. The number of amides is 1. The number of hydrogen-bond donors (Lipinski definition) is 2. The van der Waals surface area contributed by atoms with Crippen molar-refractivity contribution in [2.45, 2.75) is 31.8 Å². The fourth-order valence-electron chi connectivity index (χ4n) is 3.95. The number of H-pyrrole nitrogens is 1. The molecule has 0 aliphatic carbocycles. The molecule has 12 heteroatoms. The van der Waals surface area contributed by atoms with Crippen LogP contribution in [0.1, 0.15) is 36.9 Å². The normalized spacial score (nSPS) is 19.4. The van der Waals surface area contributed by atoms with Gasteiger partial charge in [-0.15, -0.1) is 0 Å². The van der Waals surface area contributed by atoms with Gasteiger partial charge in [-0.1, -0.05) is 0 Å². The summed E-state index contributed by atoms with van der Waals surface area (Å²) < 4.78 is 23.2. The van der Waals surface area contributed by atoms with Gasteiger partial charge in [-0.05, 0) is 19.9 Å². The van der Waals surface area contributed by atoms with Crippen molar-refractivity contribution in [1.82, 2.24) is 9.78 Å². The maximum atomic E-state index is 12.9. The lowest BCUT2D eigenvalue weighted by Gasteiger charge is -2.28. The number of anilines is 1. The van der Waals surface area contributed by atoms with Crippen LogP contribution in [0.15, 0.2) is 10.9 Å². The van der Waals surface area contributed by atoms with E-state index in [1.165, 1.54) is 25.0 Å². The van der Waals surface area contributed by atoms with Gasteiger partial charge in [0.1, 0.15) is 5.82 Å². The van der Waals surface area contributed by atoms with Crippen LogP contribution in [0.25, 0.3) is 0 Å². The number of nitro groups is 1. The van der Waals surface area contributed by atoms with Crippen LogP contribution in [0, 0.1) is 10.1 Å². The fourth-order valence-corrected chi connectivity index (χ4v) is 3.95. The Kier molecular flexibility index (Phi) is 4.56. The summed E-state index contributed by atoms with van der Waals surface area (Å²) in [6, 6.07) is -0.484. The molecule has 0 saturated heterocycles. The van der Waals surface area contributed by atoms with Crippen LogP contribution >= 0.6 is 0 Å². The lowest BCUT2D eigenvalue weighted by molar-refractivity contribution is -0.509. The van der Waals surface area contributed by atoms with E-state index in [2.05, 4.69) is 10.4 Å². The van der Waals surface area contributed by atoms with Crippen LogP contribution < -0.4 is 29.8 Å². The van der Waals surface area contributed by atoms with Crippen molar-refractivity contribution >= 4 is 11.7 Å². The zero-order valence-corrected chi connectivity index (χ0v) is 16.7. The van der Waals surface area contributed by atoms with Crippen LogP contribution in [-0.2, 0) is 4.79 Å². The lowest BCUT2D eigenvalue weighted by atomic mass is 9.82. The highest BCUT2D eigenvalue weighted by atomic mass is 16.7. The molecular weight excluding hydrogens is 400 g/mol. The zero-order chi connectivity index (χ0) is 21.7. The van der Waals surface area contributed by atoms with Gasteiger partial charge in [0.15, 0.2) is 11.5 Å². The average Bonchev–Trinajstić information content (AvgIpc) is 3.29. The van der Waals surface area contributed by atoms with Gasteiger partial charge in [0.25, 0.3) is 5.56 Å². The molecule has 2 aliphatic heterocycles. The first-order valence-corrected chi connectivity index (χ1v) is 9.13. The summed E-state index contributed by atoms with van der Waals surface area (Å²) in [7, 11) is 2.74. The quantitative estimate of drug-likeness (QED) is 0.542. The van der Waals surface area contributed by atoms with Crippen molar-refractivity contribution in [3.8, 4) is 23.0 Å². The summed E-state index contributed by atoms with van der Waals surface area (Å²) in [5.74, 6) is -1.06. The summed E-state index contributed by atoms with van der Waals surface area (Å²) in [4.78, 5) is 36.8. The third kappa shape index (κ3) is 2.67. The molecule has 4 rings (SSSR count). The molecule has 0 bridgehead atoms. The Bertz CT molecular complexity index is 1100. The van der Waals surface area contributed by atoms with Gasteiger partial charge in [-0.3, -0.25) is 29.5 Å². The number of aromatic nitrogens is 2. The molecule has 1 aromatic heterocycles. The minimum atomic E-state index is -1.76. The minimum absolute atomic E-state index is 0.0595. The van der Waals surface area contributed by atoms with Gasteiger partial charge in [-0.2, -0.15) is 0 Å². The van der Waals surface area contributed by atoms with E-state index in [1.54, 1.807) is 13.8 Å². The summed E-state index contributed by atoms with van der Waals surface area (Å²) >= 11 is 0. The van der Waals surface area contributed by atoms with E-state index in [9.17, 15) is 19.7 Å². The molecule has 0 fully saturated rings. The third-order valence-electron chi connectivity index (χ3n) is 5.19. The van der Waals surface area contributed by atoms with Crippen molar-refractivity contribution in [2.75, 3.05) is 26.3 Å².